The van der Waals surface area contributed by atoms with Crippen molar-refractivity contribution in [2.45, 2.75) is 18.9 Å². The Morgan fingerprint density at radius 1 is 1.55 bits per heavy atom. The van der Waals surface area contributed by atoms with Crippen molar-refractivity contribution in [3.05, 3.63) is 33.7 Å². The standard InChI is InChI=1S/C7H8N2O2/c1-7(9-11)4-2-3-6(5-7)8-10/h2-4H,5H2,1H3. The summed E-state index contributed by atoms with van der Waals surface area (Å²) < 4.78 is 0. The van der Waals surface area contributed by atoms with E-state index in [9.17, 15) is 9.81 Å². The van der Waals surface area contributed by atoms with Crippen LogP contribution in [0.4, 0.5) is 0 Å². The van der Waals surface area contributed by atoms with Gasteiger partial charge in [-0.2, -0.15) is 0 Å². The average Bonchev–Trinajstić information content (AvgIpc) is 2.05. The molecule has 11 heavy (non-hydrogen) atoms. The first-order chi connectivity index (χ1) is 5.20. The van der Waals surface area contributed by atoms with Crippen LogP contribution < -0.4 is 0 Å². The van der Waals surface area contributed by atoms with E-state index >= 15 is 0 Å². The minimum Gasteiger partial charge on any atom is -0.150 e. The van der Waals surface area contributed by atoms with E-state index in [0.717, 1.165) is 0 Å². The molecule has 0 heterocycles. The van der Waals surface area contributed by atoms with Crippen molar-refractivity contribution in [1.82, 2.24) is 0 Å². The van der Waals surface area contributed by atoms with E-state index < -0.39 is 5.54 Å². The minimum atomic E-state index is -0.780. The average molecular weight is 152 g/mol. The summed E-state index contributed by atoms with van der Waals surface area (Å²) in [4.78, 5) is 20.3. The summed E-state index contributed by atoms with van der Waals surface area (Å²) in [6.45, 7) is 1.66. The van der Waals surface area contributed by atoms with Crippen molar-refractivity contribution in [2.75, 3.05) is 0 Å². The van der Waals surface area contributed by atoms with Crippen LogP contribution in [-0.4, -0.2) is 5.54 Å². The molecule has 0 saturated carbocycles. The highest BCUT2D eigenvalue weighted by Gasteiger charge is 2.25. The Hall–Kier alpha value is -1.32. The van der Waals surface area contributed by atoms with Gasteiger partial charge in [-0.3, -0.25) is 0 Å². The summed E-state index contributed by atoms with van der Waals surface area (Å²) in [6.07, 6.45) is 5.17. The Morgan fingerprint density at radius 3 is 2.82 bits per heavy atom. The Bertz CT molecular complexity index is 245. The van der Waals surface area contributed by atoms with Gasteiger partial charge in [-0.15, -0.1) is 9.81 Å². The third kappa shape index (κ3) is 1.58. The Labute approximate surface area is 63.9 Å². The first-order valence-electron chi connectivity index (χ1n) is 3.26. The van der Waals surface area contributed by atoms with Gasteiger partial charge < -0.3 is 0 Å². The normalized spacial score (nSPS) is 29.4. The Kier molecular flexibility index (Phi) is 1.94. The lowest BCUT2D eigenvalue weighted by atomic mass is 9.93. The van der Waals surface area contributed by atoms with Crippen molar-refractivity contribution < 1.29 is 0 Å². The van der Waals surface area contributed by atoms with E-state index in [2.05, 4.69) is 10.4 Å². The zero-order chi connectivity index (χ0) is 8.32. The van der Waals surface area contributed by atoms with Crippen LogP contribution in [-0.2, 0) is 0 Å². The van der Waals surface area contributed by atoms with Gasteiger partial charge in [0.1, 0.15) is 5.54 Å². The maximum atomic E-state index is 10.3. The van der Waals surface area contributed by atoms with Crippen LogP contribution >= 0.6 is 0 Å². The number of hydrogen-bond donors (Lipinski definition) is 0. The highest BCUT2D eigenvalue weighted by molar-refractivity contribution is 5.25. The molecule has 0 spiro atoms. The fourth-order valence-corrected chi connectivity index (χ4v) is 0.976. The number of nitroso groups, excluding NO2 is 2. The fraction of sp³-hybridized carbons (Fsp3) is 0.429. The lowest BCUT2D eigenvalue weighted by molar-refractivity contribution is 0.567. The van der Waals surface area contributed by atoms with Gasteiger partial charge >= 0.3 is 0 Å². The molecule has 0 saturated heterocycles. The van der Waals surface area contributed by atoms with Gasteiger partial charge in [-0.1, -0.05) is 17.3 Å². The smallest absolute Gasteiger partial charge is 0.124 e. The molecular formula is C7H8N2O2. The van der Waals surface area contributed by atoms with Crippen LogP contribution in [0, 0.1) is 9.81 Å². The Balaban J connectivity index is 2.84. The van der Waals surface area contributed by atoms with Gasteiger partial charge in [-0.05, 0) is 18.2 Å². The highest BCUT2D eigenvalue weighted by Crippen LogP contribution is 2.26. The summed E-state index contributed by atoms with van der Waals surface area (Å²) in [5.41, 5.74) is -0.410. The highest BCUT2D eigenvalue weighted by atomic mass is 16.3. The maximum Gasteiger partial charge on any atom is 0.124 e. The number of hydrogen-bond acceptors (Lipinski definition) is 4. The van der Waals surface area contributed by atoms with E-state index in [1.807, 2.05) is 0 Å². The molecule has 1 rings (SSSR count). The van der Waals surface area contributed by atoms with E-state index in [0.29, 0.717) is 12.1 Å². The molecule has 58 valence electrons. The fourth-order valence-electron chi connectivity index (χ4n) is 0.976. The van der Waals surface area contributed by atoms with E-state index in [1.54, 1.807) is 25.2 Å². The molecule has 1 atom stereocenters. The van der Waals surface area contributed by atoms with Gasteiger partial charge in [0.15, 0.2) is 0 Å². The van der Waals surface area contributed by atoms with Gasteiger partial charge in [0, 0.05) is 6.42 Å². The molecule has 0 aromatic rings. The summed E-state index contributed by atoms with van der Waals surface area (Å²) in [5, 5.41) is 5.65. The zero-order valence-electron chi connectivity index (χ0n) is 6.15. The summed E-state index contributed by atoms with van der Waals surface area (Å²) in [6, 6.07) is 0. The molecule has 4 nitrogen and oxygen atoms in total. The van der Waals surface area contributed by atoms with Crippen molar-refractivity contribution in [3.63, 3.8) is 0 Å². The topological polar surface area (TPSA) is 58.9 Å². The van der Waals surface area contributed by atoms with Crippen molar-refractivity contribution in [1.29, 1.82) is 0 Å². The largest absolute Gasteiger partial charge is 0.150 e. The molecule has 0 aliphatic heterocycles. The molecule has 1 aliphatic carbocycles. The molecule has 0 aromatic heterocycles. The molecule has 0 aromatic carbocycles. The number of allylic oxidation sites excluding steroid dienone is 2. The summed E-state index contributed by atoms with van der Waals surface area (Å²) >= 11 is 0. The predicted octanol–water partition coefficient (Wildman–Crippen LogP) is 2.12. The van der Waals surface area contributed by atoms with E-state index in [4.69, 9.17) is 0 Å². The SMILES string of the molecule is CC1(N=O)C=CC=C(N=O)C1. The van der Waals surface area contributed by atoms with Crippen molar-refractivity contribution in [3.8, 4) is 0 Å². The van der Waals surface area contributed by atoms with Crippen LogP contribution in [0.15, 0.2) is 34.3 Å². The van der Waals surface area contributed by atoms with E-state index in [1.165, 1.54) is 0 Å². The monoisotopic (exact) mass is 152 g/mol. The van der Waals surface area contributed by atoms with Gasteiger partial charge in [0.25, 0.3) is 0 Å². The molecule has 4 heteroatoms. The predicted molar refractivity (Wildman–Crippen MR) is 41.8 cm³/mol. The second-order valence-corrected chi connectivity index (χ2v) is 2.73. The first-order valence-corrected chi connectivity index (χ1v) is 3.26. The Morgan fingerprint density at radius 2 is 2.27 bits per heavy atom. The van der Waals surface area contributed by atoms with Gasteiger partial charge in [-0.25, -0.2) is 0 Å². The molecule has 0 radical (unpaired) electrons. The molecule has 1 aliphatic rings. The van der Waals surface area contributed by atoms with E-state index in [-0.39, 0.29) is 0 Å². The van der Waals surface area contributed by atoms with Crippen molar-refractivity contribution >= 4 is 0 Å². The molecule has 0 amide bonds. The van der Waals surface area contributed by atoms with Crippen LogP contribution in [0.1, 0.15) is 13.3 Å². The molecule has 0 bridgehead atoms. The van der Waals surface area contributed by atoms with Crippen molar-refractivity contribution in [2.24, 2.45) is 10.4 Å². The lowest BCUT2D eigenvalue weighted by Gasteiger charge is -2.17. The molecule has 0 N–H and O–H groups in total. The van der Waals surface area contributed by atoms with Crippen LogP contribution in [0.3, 0.4) is 0 Å². The molecular weight excluding hydrogens is 144 g/mol. The maximum absolute atomic E-state index is 10.3. The quantitative estimate of drug-likeness (QED) is 0.569. The number of rotatable bonds is 2. The first kappa shape index (κ1) is 7.78. The summed E-state index contributed by atoms with van der Waals surface area (Å²) in [7, 11) is 0. The molecule has 0 fully saturated rings. The third-order valence-corrected chi connectivity index (χ3v) is 1.61. The zero-order valence-corrected chi connectivity index (χ0v) is 6.15. The number of nitrogens with zero attached hydrogens (tertiary/aromatic N) is 2. The lowest BCUT2D eigenvalue weighted by Crippen LogP contribution is -2.19. The molecule has 1 unspecified atom stereocenters. The summed E-state index contributed by atoms with van der Waals surface area (Å²) in [5.74, 6) is 0. The van der Waals surface area contributed by atoms with Crippen LogP contribution in [0.5, 0.6) is 0 Å². The van der Waals surface area contributed by atoms with Crippen LogP contribution in [0.2, 0.25) is 0 Å². The van der Waals surface area contributed by atoms with Crippen LogP contribution in [0.25, 0.3) is 0 Å². The van der Waals surface area contributed by atoms with Gasteiger partial charge in [0.2, 0.25) is 0 Å². The second kappa shape index (κ2) is 2.74. The van der Waals surface area contributed by atoms with Gasteiger partial charge in [0.05, 0.1) is 5.70 Å². The second-order valence-electron chi connectivity index (χ2n) is 2.73. The third-order valence-electron chi connectivity index (χ3n) is 1.61. The minimum absolute atomic E-state index is 0.302.